The summed E-state index contributed by atoms with van der Waals surface area (Å²) < 4.78 is 10.7. The molecule has 0 unspecified atom stereocenters. The molecule has 0 aliphatic carbocycles. The topological polar surface area (TPSA) is 50.8 Å². The van der Waals surface area contributed by atoms with E-state index in [0.717, 1.165) is 37.6 Å². The third kappa shape index (κ3) is 4.13. The van der Waals surface area contributed by atoms with Crippen molar-refractivity contribution in [1.82, 2.24) is 10.2 Å². The Morgan fingerprint density at radius 1 is 1.23 bits per heavy atom. The van der Waals surface area contributed by atoms with Crippen LogP contribution in [0.4, 0.5) is 0 Å². The lowest BCUT2D eigenvalue weighted by molar-refractivity contribution is -0.122. The minimum absolute atomic E-state index is 0.0950. The number of amides is 1. The monoisotopic (exact) mass is 306 g/mol. The predicted molar refractivity (Wildman–Crippen MR) is 86.4 cm³/mol. The summed E-state index contributed by atoms with van der Waals surface area (Å²) in [5.41, 5.74) is 2.48. The van der Waals surface area contributed by atoms with Crippen LogP contribution in [-0.4, -0.2) is 44.7 Å². The number of carbonyl (C=O) groups excluding carboxylic acids is 1. The van der Waals surface area contributed by atoms with E-state index in [4.69, 9.17) is 9.47 Å². The highest BCUT2D eigenvalue weighted by Crippen LogP contribution is 2.33. The van der Waals surface area contributed by atoms with E-state index in [1.54, 1.807) is 14.2 Å². The van der Waals surface area contributed by atoms with Gasteiger partial charge in [0.2, 0.25) is 5.91 Å². The summed E-state index contributed by atoms with van der Waals surface area (Å²) in [7, 11) is 3.29. The molecule has 5 nitrogen and oxygen atoms in total. The molecule has 1 aromatic rings. The zero-order valence-corrected chi connectivity index (χ0v) is 13.9. The molecule has 0 aromatic heterocycles. The fourth-order valence-corrected chi connectivity index (χ4v) is 2.65. The molecule has 0 bridgehead atoms. The first-order valence-electron chi connectivity index (χ1n) is 7.76. The Kier molecular flexibility index (Phi) is 5.66. The molecular weight excluding hydrogens is 280 g/mol. The fraction of sp³-hybridized carbons (Fsp3) is 0.588. The molecule has 0 saturated carbocycles. The molecule has 0 atom stereocenters. The van der Waals surface area contributed by atoms with E-state index >= 15 is 0 Å². The molecule has 1 aliphatic heterocycles. The number of hydrogen-bond donors (Lipinski definition) is 1. The van der Waals surface area contributed by atoms with Gasteiger partial charge in [-0.15, -0.1) is 0 Å². The number of nitrogens with one attached hydrogen (secondary N) is 1. The minimum atomic E-state index is 0.0950. The Hall–Kier alpha value is -1.75. The Labute approximate surface area is 132 Å². The van der Waals surface area contributed by atoms with Gasteiger partial charge in [-0.3, -0.25) is 9.69 Å². The minimum Gasteiger partial charge on any atom is -0.493 e. The number of fused-ring (bicyclic) bond motifs is 1. The van der Waals surface area contributed by atoms with Gasteiger partial charge in [0.05, 0.1) is 20.8 Å². The van der Waals surface area contributed by atoms with E-state index in [1.165, 1.54) is 11.1 Å². The maximum atomic E-state index is 12.0. The first-order valence-corrected chi connectivity index (χ1v) is 7.76. The molecule has 0 spiro atoms. The van der Waals surface area contributed by atoms with Gasteiger partial charge < -0.3 is 14.8 Å². The van der Waals surface area contributed by atoms with Crippen molar-refractivity contribution in [3.8, 4) is 11.5 Å². The lowest BCUT2D eigenvalue weighted by Gasteiger charge is -2.29. The van der Waals surface area contributed by atoms with Crippen molar-refractivity contribution < 1.29 is 14.3 Å². The normalized spacial score (nSPS) is 14.6. The summed E-state index contributed by atoms with van der Waals surface area (Å²) in [6, 6.07) is 4.07. The van der Waals surface area contributed by atoms with Crippen LogP contribution >= 0.6 is 0 Å². The first kappa shape index (κ1) is 16.6. The average Bonchev–Trinajstić information content (AvgIpc) is 2.51. The number of ether oxygens (including phenoxy) is 2. The second kappa shape index (κ2) is 7.49. The molecule has 122 valence electrons. The highest BCUT2D eigenvalue weighted by molar-refractivity contribution is 5.78. The van der Waals surface area contributed by atoms with Crippen molar-refractivity contribution in [2.24, 2.45) is 5.92 Å². The maximum absolute atomic E-state index is 12.0. The number of benzene rings is 1. The number of rotatable bonds is 6. The Morgan fingerprint density at radius 3 is 2.45 bits per heavy atom. The van der Waals surface area contributed by atoms with E-state index in [2.05, 4.69) is 24.1 Å². The van der Waals surface area contributed by atoms with Gasteiger partial charge in [-0.05, 0) is 35.6 Å². The van der Waals surface area contributed by atoms with E-state index in [1.807, 2.05) is 12.1 Å². The van der Waals surface area contributed by atoms with Gasteiger partial charge >= 0.3 is 0 Å². The number of nitrogens with zero attached hydrogens (tertiary/aromatic N) is 1. The third-order valence-corrected chi connectivity index (χ3v) is 3.87. The summed E-state index contributed by atoms with van der Waals surface area (Å²) in [5, 5.41) is 2.97. The highest BCUT2D eigenvalue weighted by Gasteiger charge is 2.21. The van der Waals surface area contributed by atoms with Crippen molar-refractivity contribution in [3.63, 3.8) is 0 Å². The van der Waals surface area contributed by atoms with Crippen molar-refractivity contribution in [1.29, 1.82) is 0 Å². The lowest BCUT2D eigenvalue weighted by Crippen LogP contribution is -2.40. The van der Waals surface area contributed by atoms with Gasteiger partial charge in [-0.25, -0.2) is 0 Å². The smallest absolute Gasteiger partial charge is 0.234 e. The second-order valence-corrected chi connectivity index (χ2v) is 6.13. The van der Waals surface area contributed by atoms with Crippen LogP contribution in [0, 0.1) is 5.92 Å². The number of hydrogen-bond acceptors (Lipinski definition) is 4. The SMILES string of the molecule is COc1cc2c(cc1OC)CN(CC(=O)NCC(C)C)CC2. The van der Waals surface area contributed by atoms with Crippen LogP contribution in [0.2, 0.25) is 0 Å². The van der Waals surface area contributed by atoms with Crippen LogP contribution < -0.4 is 14.8 Å². The second-order valence-electron chi connectivity index (χ2n) is 6.13. The Balaban J connectivity index is 2.00. The number of carbonyl (C=O) groups is 1. The molecule has 5 heteroatoms. The summed E-state index contributed by atoms with van der Waals surface area (Å²) in [6.45, 7) is 7.02. The summed E-state index contributed by atoms with van der Waals surface area (Å²) in [6.07, 6.45) is 0.924. The maximum Gasteiger partial charge on any atom is 0.234 e. The first-order chi connectivity index (χ1) is 10.5. The fourth-order valence-electron chi connectivity index (χ4n) is 2.65. The van der Waals surface area contributed by atoms with E-state index in [-0.39, 0.29) is 5.91 Å². The third-order valence-electron chi connectivity index (χ3n) is 3.87. The van der Waals surface area contributed by atoms with E-state index in [0.29, 0.717) is 12.5 Å². The van der Waals surface area contributed by atoms with Crippen molar-refractivity contribution in [3.05, 3.63) is 23.3 Å². The standard InChI is InChI=1S/C17H26N2O3/c1-12(2)9-18-17(20)11-19-6-5-13-7-15(21-3)16(22-4)8-14(13)10-19/h7-8,12H,5-6,9-11H2,1-4H3,(H,18,20). The molecule has 1 amide bonds. The van der Waals surface area contributed by atoms with Gasteiger partial charge in [-0.1, -0.05) is 13.8 Å². The molecular formula is C17H26N2O3. The molecule has 0 saturated heterocycles. The molecule has 1 heterocycles. The predicted octanol–water partition coefficient (Wildman–Crippen LogP) is 1.83. The Bertz CT molecular complexity index is 529. The molecule has 1 aliphatic rings. The lowest BCUT2D eigenvalue weighted by atomic mass is 9.99. The zero-order valence-electron chi connectivity index (χ0n) is 13.9. The van der Waals surface area contributed by atoms with Crippen LogP contribution in [0.25, 0.3) is 0 Å². The molecule has 1 N–H and O–H groups in total. The van der Waals surface area contributed by atoms with Crippen LogP contribution in [0.3, 0.4) is 0 Å². The van der Waals surface area contributed by atoms with Crippen LogP contribution in [0.1, 0.15) is 25.0 Å². The van der Waals surface area contributed by atoms with Crippen LogP contribution in [0.15, 0.2) is 12.1 Å². The summed E-state index contributed by atoms with van der Waals surface area (Å²) in [5.74, 6) is 2.08. The van der Waals surface area contributed by atoms with Gasteiger partial charge in [0.15, 0.2) is 11.5 Å². The molecule has 1 aromatic carbocycles. The number of methoxy groups -OCH3 is 2. The Morgan fingerprint density at radius 2 is 1.86 bits per heavy atom. The van der Waals surface area contributed by atoms with Gasteiger partial charge in [-0.2, -0.15) is 0 Å². The molecule has 22 heavy (non-hydrogen) atoms. The van der Waals surface area contributed by atoms with Gasteiger partial charge in [0.1, 0.15) is 0 Å². The van der Waals surface area contributed by atoms with Crippen molar-refractivity contribution in [2.75, 3.05) is 33.9 Å². The quantitative estimate of drug-likeness (QED) is 0.871. The van der Waals surface area contributed by atoms with Gasteiger partial charge in [0.25, 0.3) is 0 Å². The van der Waals surface area contributed by atoms with E-state index in [9.17, 15) is 4.79 Å². The average molecular weight is 306 g/mol. The van der Waals surface area contributed by atoms with Crippen LogP contribution in [0.5, 0.6) is 11.5 Å². The van der Waals surface area contributed by atoms with Crippen molar-refractivity contribution >= 4 is 5.91 Å². The zero-order chi connectivity index (χ0) is 16.1. The van der Waals surface area contributed by atoms with Crippen molar-refractivity contribution in [2.45, 2.75) is 26.8 Å². The highest BCUT2D eigenvalue weighted by atomic mass is 16.5. The molecule has 0 fully saturated rings. The summed E-state index contributed by atoms with van der Waals surface area (Å²) in [4.78, 5) is 14.1. The van der Waals surface area contributed by atoms with Crippen LogP contribution in [-0.2, 0) is 17.8 Å². The molecule has 0 radical (unpaired) electrons. The largest absolute Gasteiger partial charge is 0.493 e. The molecule has 2 rings (SSSR count). The van der Waals surface area contributed by atoms with E-state index < -0.39 is 0 Å². The summed E-state index contributed by atoms with van der Waals surface area (Å²) >= 11 is 0. The van der Waals surface area contributed by atoms with Gasteiger partial charge in [0, 0.05) is 19.6 Å².